The smallest absolute Gasteiger partial charge is 0.335 e. The lowest BCUT2D eigenvalue weighted by atomic mass is 9.42. The molecule has 218 valence electrons. The summed E-state index contributed by atoms with van der Waals surface area (Å²) in [5.41, 5.74) is -1.07. The Kier molecular flexibility index (Phi) is 6.86. The minimum absolute atomic E-state index is 0.00953. The zero-order chi connectivity index (χ0) is 27.9. The minimum Gasteiger partial charge on any atom is -0.431 e. The van der Waals surface area contributed by atoms with E-state index in [2.05, 4.69) is 13.8 Å². The van der Waals surface area contributed by atoms with Gasteiger partial charge in [-0.15, -0.1) is 0 Å². The largest absolute Gasteiger partial charge is 0.431 e. The van der Waals surface area contributed by atoms with Gasteiger partial charge in [-0.3, -0.25) is 0 Å². The molecule has 1 aromatic heterocycles. The molecule has 1 aromatic rings. The van der Waals surface area contributed by atoms with E-state index in [1.165, 1.54) is 12.3 Å². The van der Waals surface area contributed by atoms with Gasteiger partial charge in [0.2, 0.25) is 0 Å². The monoisotopic (exact) mass is 548 g/mol. The van der Waals surface area contributed by atoms with Gasteiger partial charge in [0, 0.05) is 11.5 Å². The van der Waals surface area contributed by atoms with Crippen LogP contribution in [0.15, 0.2) is 27.6 Å². The fourth-order valence-corrected chi connectivity index (χ4v) is 9.83. The van der Waals surface area contributed by atoms with Crippen LogP contribution in [-0.4, -0.2) is 74.0 Å². The molecule has 14 atom stereocenters. The van der Waals surface area contributed by atoms with Gasteiger partial charge >= 0.3 is 5.63 Å². The number of aliphatic hydroxyl groups is 5. The van der Waals surface area contributed by atoms with E-state index >= 15 is 0 Å². The van der Waals surface area contributed by atoms with Gasteiger partial charge in [-0.1, -0.05) is 13.8 Å². The van der Waals surface area contributed by atoms with Crippen molar-refractivity contribution in [2.24, 2.45) is 28.6 Å². The second-order valence-corrected chi connectivity index (χ2v) is 13.7. The van der Waals surface area contributed by atoms with Crippen molar-refractivity contribution in [3.63, 3.8) is 0 Å². The molecule has 0 amide bonds. The fourth-order valence-electron chi connectivity index (χ4n) is 9.83. The van der Waals surface area contributed by atoms with Gasteiger partial charge in [-0.25, -0.2) is 4.79 Å². The fraction of sp³-hybridized carbons (Fsp3) is 0.833. The van der Waals surface area contributed by atoms with E-state index < -0.39 is 47.8 Å². The Labute approximate surface area is 229 Å². The Morgan fingerprint density at radius 2 is 1.74 bits per heavy atom. The molecule has 39 heavy (non-hydrogen) atoms. The second kappa shape index (κ2) is 9.61. The maximum Gasteiger partial charge on any atom is 0.335 e. The Bertz CT molecular complexity index is 1100. The normalized spacial score (nSPS) is 53.5. The van der Waals surface area contributed by atoms with Crippen LogP contribution in [-0.2, 0) is 9.47 Å². The number of hydrogen-bond donors (Lipinski definition) is 5. The maximum atomic E-state index is 12.4. The predicted molar refractivity (Wildman–Crippen MR) is 140 cm³/mol. The van der Waals surface area contributed by atoms with Crippen LogP contribution >= 0.6 is 0 Å². The van der Waals surface area contributed by atoms with Gasteiger partial charge in [-0.2, -0.15) is 0 Å². The zero-order valence-electron chi connectivity index (χ0n) is 23.1. The van der Waals surface area contributed by atoms with Crippen molar-refractivity contribution in [1.29, 1.82) is 0 Å². The van der Waals surface area contributed by atoms with Crippen LogP contribution in [0.2, 0.25) is 0 Å². The third kappa shape index (κ3) is 4.10. The van der Waals surface area contributed by atoms with Gasteiger partial charge in [0.15, 0.2) is 6.29 Å². The first kappa shape index (κ1) is 27.8. The van der Waals surface area contributed by atoms with Gasteiger partial charge < -0.3 is 39.4 Å². The Morgan fingerprint density at radius 3 is 2.46 bits per heavy atom. The molecule has 4 aliphatic carbocycles. The molecule has 6 rings (SSSR count). The van der Waals surface area contributed by atoms with Crippen molar-refractivity contribution in [1.82, 2.24) is 0 Å². The second-order valence-electron chi connectivity index (χ2n) is 13.7. The molecular weight excluding hydrogens is 504 g/mol. The molecule has 9 heteroatoms. The summed E-state index contributed by atoms with van der Waals surface area (Å²) in [6.07, 6.45) is 1.36. The highest BCUT2D eigenvalue weighted by atomic mass is 16.7. The van der Waals surface area contributed by atoms with Crippen molar-refractivity contribution in [2.75, 3.05) is 0 Å². The number of ether oxygens (including phenoxy) is 2. The predicted octanol–water partition coefficient (Wildman–Crippen LogP) is 2.06. The topological polar surface area (TPSA) is 150 Å². The average Bonchev–Trinajstić information content (AvgIpc) is 3.17. The third-order valence-electron chi connectivity index (χ3n) is 12.0. The highest BCUT2D eigenvalue weighted by Crippen LogP contribution is 2.70. The molecule has 9 nitrogen and oxygen atoms in total. The Morgan fingerprint density at radius 1 is 0.974 bits per heavy atom. The summed E-state index contributed by atoms with van der Waals surface area (Å²) in [4.78, 5) is 11.6. The van der Waals surface area contributed by atoms with Crippen molar-refractivity contribution in [3.8, 4) is 0 Å². The first-order chi connectivity index (χ1) is 18.4. The molecule has 1 aliphatic heterocycles. The molecule has 2 heterocycles. The van der Waals surface area contributed by atoms with Crippen LogP contribution in [0, 0.1) is 28.6 Å². The number of rotatable bonds is 3. The van der Waals surface area contributed by atoms with Crippen molar-refractivity contribution >= 4 is 0 Å². The van der Waals surface area contributed by atoms with Crippen LogP contribution in [0.4, 0.5) is 0 Å². The van der Waals surface area contributed by atoms with Gasteiger partial charge in [0.1, 0.15) is 18.3 Å². The first-order valence-corrected chi connectivity index (χ1v) is 14.7. The number of aliphatic hydroxyl groups excluding tert-OH is 4. The molecular formula is C30H44O9. The van der Waals surface area contributed by atoms with Gasteiger partial charge in [0.05, 0.1) is 30.2 Å². The molecule has 1 saturated heterocycles. The molecule has 5 aliphatic rings. The van der Waals surface area contributed by atoms with Gasteiger partial charge in [0.25, 0.3) is 0 Å². The number of hydrogen-bond acceptors (Lipinski definition) is 9. The van der Waals surface area contributed by atoms with E-state index in [1.54, 1.807) is 13.0 Å². The summed E-state index contributed by atoms with van der Waals surface area (Å²) in [5.74, 6) is 0.243. The molecule has 0 spiro atoms. The first-order valence-electron chi connectivity index (χ1n) is 14.7. The number of fused-ring (bicyclic) bond motifs is 5. The summed E-state index contributed by atoms with van der Waals surface area (Å²) in [6, 6.07) is 3.24. The summed E-state index contributed by atoms with van der Waals surface area (Å²) >= 11 is 0. The molecule has 5 N–H and O–H groups in total. The van der Waals surface area contributed by atoms with Crippen LogP contribution in [0.25, 0.3) is 0 Å². The Balaban J connectivity index is 1.20. The van der Waals surface area contributed by atoms with Crippen LogP contribution in [0.3, 0.4) is 0 Å². The maximum absolute atomic E-state index is 12.4. The summed E-state index contributed by atoms with van der Waals surface area (Å²) in [7, 11) is 0. The van der Waals surface area contributed by atoms with E-state index in [0.29, 0.717) is 12.8 Å². The van der Waals surface area contributed by atoms with Crippen molar-refractivity contribution in [2.45, 2.75) is 127 Å². The lowest BCUT2D eigenvalue weighted by Crippen LogP contribution is -2.66. The highest BCUT2D eigenvalue weighted by molar-refractivity contribution is 5.28. The summed E-state index contributed by atoms with van der Waals surface area (Å²) in [6.45, 7) is 6.03. The van der Waals surface area contributed by atoms with E-state index in [4.69, 9.17) is 13.9 Å². The quantitative estimate of drug-likeness (QED) is 0.358. The molecule has 0 radical (unpaired) electrons. The van der Waals surface area contributed by atoms with E-state index in [9.17, 15) is 30.3 Å². The van der Waals surface area contributed by atoms with Gasteiger partial charge in [-0.05, 0) is 99.0 Å². The minimum atomic E-state index is -1.32. The van der Waals surface area contributed by atoms with Crippen LogP contribution in [0.5, 0.6) is 0 Å². The van der Waals surface area contributed by atoms with Crippen LogP contribution in [0.1, 0.15) is 83.6 Å². The van der Waals surface area contributed by atoms with E-state index in [0.717, 1.165) is 44.1 Å². The average molecular weight is 549 g/mol. The Hall–Kier alpha value is -1.33. The lowest BCUT2D eigenvalue weighted by Gasteiger charge is -2.65. The molecule has 0 unspecified atom stereocenters. The summed E-state index contributed by atoms with van der Waals surface area (Å²) in [5, 5.41) is 54.8. The highest BCUT2D eigenvalue weighted by Gasteiger charge is 2.69. The van der Waals surface area contributed by atoms with Crippen molar-refractivity contribution in [3.05, 3.63) is 34.4 Å². The molecule has 4 saturated carbocycles. The molecule has 0 aromatic carbocycles. The zero-order valence-corrected chi connectivity index (χ0v) is 23.1. The SMILES string of the molecule is C[C@@H]1O[C@@H](O[C@H]2CC[C@@]3(C)[C@H](CC[C@@H]4[C@@H]3[C@H](O)C[C@]3(C)[C@H](c5ccc(=O)oc5)CC[C@]43O)C2)[C@H](O)[C@H](O)[C@H]1O. The third-order valence-corrected chi connectivity index (χ3v) is 12.0. The standard InChI is InChI=1S/C30H44O9/c1-15-24(33)25(34)26(35)27(38-15)39-18-8-10-28(2)17(12-18)5-6-20-23(28)21(31)13-29(3)19(9-11-30(20,29)36)16-4-7-22(32)37-14-16/h4,7,14-15,17-21,23-27,31,33-36H,5-6,8-13H2,1-3H3/t15-,17+,18-,19-,20+,21+,23+,24-,25+,26+,27-,28-,29+,30-/m0/s1. The van der Waals surface area contributed by atoms with Crippen molar-refractivity contribution < 1.29 is 39.4 Å². The van der Waals surface area contributed by atoms with E-state index in [1.807, 2.05) is 0 Å². The van der Waals surface area contributed by atoms with Crippen LogP contribution < -0.4 is 5.63 Å². The summed E-state index contributed by atoms with van der Waals surface area (Å²) < 4.78 is 17.0. The van der Waals surface area contributed by atoms with E-state index in [-0.39, 0.29) is 40.8 Å². The lowest BCUT2D eigenvalue weighted by molar-refractivity contribution is -0.311. The molecule has 5 fully saturated rings. The molecule has 0 bridgehead atoms.